The molecule has 3 rings (SSSR count). The van der Waals surface area contributed by atoms with Gasteiger partial charge in [0.05, 0.1) is 22.2 Å². The van der Waals surface area contributed by atoms with Gasteiger partial charge < -0.3 is 10.2 Å². The van der Waals surface area contributed by atoms with Gasteiger partial charge in [0.25, 0.3) is 0 Å². The summed E-state index contributed by atoms with van der Waals surface area (Å²) in [7, 11) is 0. The van der Waals surface area contributed by atoms with Crippen LogP contribution >= 0.6 is 23.2 Å². The summed E-state index contributed by atoms with van der Waals surface area (Å²) in [5, 5.41) is 4.34. The van der Waals surface area contributed by atoms with E-state index in [9.17, 15) is 4.79 Å². The van der Waals surface area contributed by atoms with Crippen molar-refractivity contribution in [1.82, 2.24) is 0 Å². The van der Waals surface area contributed by atoms with Gasteiger partial charge in [0, 0.05) is 17.9 Å². The number of hydrogen-bond donors (Lipinski definition) is 1. The predicted molar refractivity (Wildman–Crippen MR) is 114 cm³/mol. The van der Waals surface area contributed by atoms with E-state index in [1.807, 2.05) is 61.5 Å². The summed E-state index contributed by atoms with van der Waals surface area (Å²) in [5.41, 5.74) is 3.22. The normalized spacial score (nSPS) is 10.5. The number of anilines is 3. The van der Waals surface area contributed by atoms with E-state index in [0.29, 0.717) is 22.3 Å². The van der Waals surface area contributed by atoms with Gasteiger partial charge in [-0.3, -0.25) is 4.79 Å². The van der Waals surface area contributed by atoms with Crippen molar-refractivity contribution in [3.8, 4) is 0 Å². The fourth-order valence-corrected chi connectivity index (χ4v) is 3.41. The van der Waals surface area contributed by atoms with Crippen LogP contribution < -0.4 is 10.2 Å². The zero-order chi connectivity index (χ0) is 19.2. The Balaban J connectivity index is 1.85. The second-order valence-electron chi connectivity index (χ2n) is 6.03. The van der Waals surface area contributed by atoms with Gasteiger partial charge in [-0.05, 0) is 42.8 Å². The number of amides is 1. The minimum absolute atomic E-state index is 0.0307. The van der Waals surface area contributed by atoms with Crippen LogP contribution in [0.25, 0.3) is 0 Å². The molecular formula is C22H20Cl2N2O. The van der Waals surface area contributed by atoms with Gasteiger partial charge >= 0.3 is 0 Å². The number of nitrogens with zero attached hydrogens (tertiary/aromatic N) is 1. The van der Waals surface area contributed by atoms with Crippen LogP contribution in [0.5, 0.6) is 0 Å². The van der Waals surface area contributed by atoms with Gasteiger partial charge in [-0.2, -0.15) is 0 Å². The third-order valence-electron chi connectivity index (χ3n) is 4.27. The molecule has 0 heterocycles. The van der Waals surface area contributed by atoms with Crippen molar-refractivity contribution < 1.29 is 4.79 Å². The molecule has 0 saturated heterocycles. The molecule has 0 spiro atoms. The molecule has 0 aliphatic rings. The number of nitrogens with one attached hydrogen (secondary N) is 1. The molecule has 0 radical (unpaired) electrons. The maximum absolute atomic E-state index is 12.9. The van der Waals surface area contributed by atoms with Crippen molar-refractivity contribution in [3.63, 3.8) is 0 Å². The van der Waals surface area contributed by atoms with E-state index in [0.717, 1.165) is 16.9 Å². The van der Waals surface area contributed by atoms with E-state index in [-0.39, 0.29) is 12.3 Å². The number of carbonyl (C=O) groups is 1. The Bertz CT molecular complexity index is 908. The first-order valence-corrected chi connectivity index (χ1v) is 9.50. The van der Waals surface area contributed by atoms with Crippen molar-refractivity contribution in [3.05, 3.63) is 88.4 Å². The molecule has 138 valence electrons. The second kappa shape index (κ2) is 8.94. The van der Waals surface area contributed by atoms with E-state index in [2.05, 4.69) is 5.32 Å². The quantitative estimate of drug-likeness (QED) is 0.525. The van der Waals surface area contributed by atoms with Gasteiger partial charge in [0.15, 0.2) is 0 Å². The van der Waals surface area contributed by atoms with Crippen molar-refractivity contribution in [2.24, 2.45) is 0 Å². The molecule has 0 aliphatic heterocycles. The van der Waals surface area contributed by atoms with E-state index in [1.54, 1.807) is 23.1 Å². The van der Waals surface area contributed by atoms with Crippen molar-refractivity contribution in [2.45, 2.75) is 13.3 Å². The summed E-state index contributed by atoms with van der Waals surface area (Å²) in [6, 6.07) is 22.7. The second-order valence-corrected chi connectivity index (χ2v) is 6.84. The molecule has 3 aromatic carbocycles. The predicted octanol–water partition coefficient (Wildman–Crippen LogP) is 6.33. The number of carbonyl (C=O) groups excluding carboxylic acids is 1. The lowest BCUT2D eigenvalue weighted by molar-refractivity contribution is -0.117. The zero-order valence-electron chi connectivity index (χ0n) is 15.0. The van der Waals surface area contributed by atoms with Crippen molar-refractivity contribution in [1.29, 1.82) is 0 Å². The largest absolute Gasteiger partial charge is 0.353 e. The fourth-order valence-electron chi connectivity index (χ4n) is 2.92. The Hall–Kier alpha value is -2.49. The Labute approximate surface area is 169 Å². The number of likely N-dealkylation sites (N-methyl/N-ethyl adjacent to an activating group) is 1. The molecule has 0 atom stereocenters. The van der Waals surface area contributed by atoms with E-state index >= 15 is 0 Å². The molecule has 0 aliphatic carbocycles. The minimum Gasteiger partial charge on any atom is -0.353 e. The first-order chi connectivity index (χ1) is 13.1. The molecule has 0 saturated carbocycles. The van der Waals surface area contributed by atoms with Crippen LogP contribution in [-0.2, 0) is 11.2 Å². The SMILES string of the molecule is CCN(C(=O)Cc1ccccc1Nc1c(Cl)cccc1Cl)c1ccccc1. The van der Waals surface area contributed by atoms with E-state index in [1.165, 1.54) is 0 Å². The van der Waals surface area contributed by atoms with Gasteiger partial charge in [0.1, 0.15) is 0 Å². The molecule has 5 heteroatoms. The summed E-state index contributed by atoms with van der Waals surface area (Å²) >= 11 is 12.5. The van der Waals surface area contributed by atoms with Crippen LogP contribution in [-0.4, -0.2) is 12.5 Å². The molecule has 0 fully saturated rings. The van der Waals surface area contributed by atoms with Crippen LogP contribution in [0.2, 0.25) is 10.0 Å². The average molecular weight is 399 g/mol. The van der Waals surface area contributed by atoms with Crippen LogP contribution in [0, 0.1) is 0 Å². The maximum atomic E-state index is 12.9. The molecule has 3 nitrogen and oxygen atoms in total. The third-order valence-corrected chi connectivity index (χ3v) is 4.90. The lowest BCUT2D eigenvalue weighted by Crippen LogP contribution is -2.32. The highest BCUT2D eigenvalue weighted by Crippen LogP contribution is 2.33. The highest BCUT2D eigenvalue weighted by molar-refractivity contribution is 6.39. The molecule has 0 aromatic heterocycles. The summed E-state index contributed by atoms with van der Waals surface area (Å²) in [6.45, 7) is 2.58. The highest BCUT2D eigenvalue weighted by atomic mass is 35.5. The lowest BCUT2D eigenvalue weighted by atomic mass is 10.1. The van der Waals surface area contributed by atoms with Gasteiger partial charge in [-0.15, -0.1) is 0 Å². The number of para-hydroxylation sites is 3. The molecule has 27 heavy (non-hydrogen) atoms. The van der Waals surface area contributed by atoms with Crippen LogP contribution in [0.3, 0.4) is 0 Å². The zero-order valence-corrected chi connectivity index (χ0v) is 16.5. The lowest BCUT2D eigenvalue weighted by Gasteiger charge is -2.22. The van der Waals surface area contributed by atoms with Crippen LogP contribution in [0.4, 0.5) is 17.1 Å². The summed E-state index contributed by atoms with van der Waals surface area (Å²) in [5.74, 6) is 0.0307. The van der Waals surface area contributed by atoms with E-state index < -0.39 is 0 Å². The van der Waals surface area contributed by atoms with Crippen LogP contribution in [0.15, 0.2) is 72.8 Å². The number of benzene rings is 3. The summed E-state index contributed by atoms with van der Waals surface area (Å²) < 4.78 is 0. The average Bonchev–Trinajstić information content (AvgIpc) is 2.67. The van der Waals surface area contributed by atoms with Crippen LogP contribution in [0.1, 0.15) is 12.5 Å². The Morgan fingerprint density at radius 2 is 1.52 bits per heavy atom. The molecule has 1 N–H and O–H groups in total. The minimum atomic E-state index is 0.0307. The summed E-state index contributed by atoms with van der Waals surface area (Å²) in [6.07, 6.45) is 0.272. The van der Waals surface area contributed by atoms with Crippen molar-refractivity contribution >= 4 is 46.2 Å². The van der Waals surface area contributed by atoms with Gasteiger partial charge in [-0.25, -0.2) is 0 Å². The van der Waals surface area contributed by atoms with Gasteiger partial charge in [-0.1, -0.05) is 65.7 Å². The van der Waals surface area contributed by atoms with Gasteiger partial charge in [0.2, 0.25) is 5.91 Å². The standard InChI is InChI=1S/C22H20Cl2N2O/c1-2-26(17-10-4-3-5-11-17)21(27)15-16-9-6-7-14-20(16)25-22-18(23)12-8-13-19(22)24/h3-14,25H,2,15H2,1H3. The Kier molecular flexibility index (Phi) is 6.38. The molecular weight excluding hydrogens is 379 g/mol. The number of hydrogen-bond acceptors (Lipinski definition) is 2. The Morgan fingerprint density at radius 3 is 2.19 bits per heavy atom. The van der Waals surface area contributed by atoms with Crippen molar-refractivity contribution in [2.75, 3.05) is 16.8 Å². The number of rotatable bonds is 6. The topological polar surface area (TPSA) is 32.3 Å². The number of halogens is 2. The third kappa shape index (κ3) is 4.62. The molecule has 3 aromatic rings. The van der Waals surface area contributed by atoms with E-state index in [4.69, 9.17) is 23.2 Å². The molecule has 0 unspecified atom stereocenters. The molecule has 1 amide bonds. The first-order valence-electron chi connectivity index (χ1n) is 8.74. The fraction of sp³-hybridized carbons (Fsp3) is 0.136. The monoisotopic (exact) mass is 398 g/mol. The smallest absolute Gasteiger partial charge is 0.231 e. The summed E-state index contributed by atoms with van der Waals surface area (Å²) in [4.78, 5) is 14.7. The Morgan fingerprint density at radius 1 is 0.889 bits per heavy atom. The maximum Gasteiger partial charge on any atom is 0.231 e. The molecule has 0 bridgehead atoms. The highest BCUT2D eigenvalue weighted by Gasteiger charge is 2.16. The first kappa shape index (κ1) is 19.3.